The van der Waals surface area contributed by atoms with E-state index in [2.05, 4.69) is 41.4 Å². The molecular formula is C14H26N4O. The number of methoxy groups -OCH3 is 1. The van der Waals surface area contributed by atoms with Crippen molar-refractivity contribution in [3.63, 3.8) is 0 Å². The van der Waals surface area contributed by atoms with E-state index in [-0.39, 0.29) is 5.60 Å². The fourth-order valence-corrected chi connectivity index (χ4v) is 1.46. The van der Waals surface area contributed by atoms with E-state index < -0.39 is 0 Å². The minimum absolute atomic E-state index is 0.221. The third-order valence-corrected chi connectivity index (χ3v) is 2.87. The second-order valence-electron chi connectivity index (χ2n) is 5.50. The highest BCUT2D eigenvalue weighted by Gasteiger charge is 2.16. The summed E-state index contributed by atoms with van der Waals surface area (Å²) >= 11 is 0. The lowest BCUT2D eigenvalue weighted by molar-refractivity contribution is 0.0343. The largest absolute Gasteiger partial charge is 0.377 e. The van der Waals surface area contributed by atoms with Crippen molar-refractivity contribution in [2.45, 2.75) is 46.1 Å². The maximum Gasteiger partial charge on any atom is 0.135 e. The van der Waals surface area contributed by atoms with Crippen LogP contribution in [0.15, 0.2) is 6.07 Å². The van der Waals surface area contributed by atoms with Crippen LogP contribution in [0.2, 0.25) is 0 Å². The lowest BCUT2D eigenvalue weighted by Gasteiger charge is -2.23. The summed E-state index contributed by atoms with van der Waals surface area (Å²) in [5, 5.41) is 6.55. The normalized spacial score (nSPS) is 11.7. The number of hydrogen-bond acceptors (Lipinski definition) is 5. The minimum Gasteiger partial charge on any atom is -0.377 e. The highest BCUT2D eigenvalue weighted by Crippen LogP contribution is 2.18. The van der Waals surface area contributed by atoms with Crippen LogP contribution < -0.4 is 10.6 Å². The van der Waals surface area contributed by atoms with Gasteiger partial charge in [0.05, 0.1) is 5.60 Å². The Bertz CT molecular complexity index is 404. The molecule has 2 N–H and O–H groups in total. The first-order chi connectivity index (χ1) is 8.88. The standard InChI is InChI=1S/C14H26N4O/c1-7-15-11-8-12(16-9-14(4,5)19-6)18-13(17-11)10(2)3/h8,10H,7,9H2,1-6H3,(H2,15,16,17,18). The fourth-order valence-electron chi connectivity index (χ4n) is 1.46. The molecule has 0 saturated carbocycles. The summed E-state index contributed by atoms with van der Waals surface area (Å²) in [5.74, 6) is 2.84. The highest BCUT2D eigenvalue weighted by molar-refractivity contribution is 5.48. The molecule has 0 amide bonds. The molecule has 0 radical (unpaired) electrons. The number of rotatable bonds is 7. The Balaban J connectivity index is 2.87. The molecule has 0 aliphatic rings. The van der Waals surface area contributed by atoms with Gasteiger partial charge in [-0.15, -0.1) is 0 Å². The predicted octanol–water partition coefficient (Wildman–Crippen LogP) is 2.87. The van der Waals surface area contributed by atoms with Gasteiger partial charge in [0.25, 0.3) is 0 Å². The lowest BCUT2D eigenvalue weighted by atomic mass is 10.1. The van der Waals surface area contributed by atoms with Crippen LogP contribution in [0, 0.1) is 0 Å². The van der Waals surface area contributed by atoms with E-state index in [1.165, 1.54) is 0 Å². The molecule has 0 aliphatic heterocycles. The van der Waals surface area contributed by atoms with Crippen molar-refractivity contribution in [1.82, 2.24) is 9.97 Å². The summed E-state index contributed by atoms with van der Waals surface area (Å²) in [6.07, 6.45) is 0. The Morgan fingerprint density at radius 2 is 1.79 bits per heavy atom. The van der Waals surface area contributed by atoms with E-state index >= 15 is 0 Å². The zero-order valence-corrected chi connectivity index (χ0v) is 12.9. The van der Waals surface area contributed by atoms with Gasteiger partial charge >= 0.3 is 0 Å². The van der Waals surface area contributed by atoms with E-state index in [1.807, 2.05) is 19.9 Å². The first kappa shape index (κ1) is 15.7. The Labute approximate surface area is 116 Å². The van der Waals surface area contributed by atoms with Gasteiger partial charge in [-0.05, 0) is 20.8 Å². The average molecular weight is 266 g/mol. The van der Waals surface area contributed by atoms with Crippen LogP contribution in [-0.2, 0) is 4.74 Å². The predicted molar refractivity (Wildman–Crippen MR) is 79.9 cm³/mol. The molecule has 5 nitrogen and oxygen atoms in total. The van der Waals surface area contributed by atoms with Crippen LogP contribution in [0.5, 0.6) is 0 Å². The Morgan fingerprint density at radius 1 is 1.21 bits per heavy atom. The van der Waals surface area contributed by atoms with Crippen molar-refractivity contribution >= 4 is 11.6 Å². The molecule has 1 rings (SSSR count). The lowest BCUT2D eigenvalue weighted by Crippen LogP contribution is -2.32. The third kappa shape index (κ3) is 5.03. The maximum absolute atomic E-state index is 5.39. The van der Waals surface area contributed by atoms with Gasteiger partial charge in [-0.1, -0.05) is 13.8 Å². The summed E-state index contributed by atoms with van der Waals surface area (Å²) in [6.45, 7) is 11.9. The molecule has 0 saturated heterocycles. The summed E-state index contributed by atoms with van der Waals surface area (Å²) in [4.78, 5) is 9.03. The zero-order chi connectivity index (χ0) is 14.5. The van der Waals surface area contributed by atoms with Gasteiger partial charge in [0.1, 0.15) is 17.5 Å². The van der Waals surface area contributed by atoms with Crippen LogP contribution >= 0.6 is 0 Å². The summed E-state index contributed by atoms with van der Waals surface area (Å²) < 4.78 is 5.39. The first-order valence-corrected chi connectivity index (χ1v) is 6.80. The second-order valence-corrected chi connectivity index (χ2v) is 5.50. The van der Waals surface area contributed by atoms with Crippen molar-refractivity contribution in [1.29, 1.82) is 0 Å². The smallest absolute Gasteiger partial charge is 0.135 e. The van der Waals surface area contributed by atoms with Crippen LogP contribution in [0.1, 0.15) is 46.4 Å². The van der Waals surface area contributed by atoms with Gasteiger partial charge in [-0.25, -0.2) is 9.97 Å². The summed E-state index contributed by atoms with van der Waals surface area (Å²) in [5.41, 5.74) is -0.221. The van der Waals surface area contributed by atoms with Gasteiger partial charge in [0.15, 0.2) is 0 Å². The molecule has 0 atom stereocenters. The van der Waals surface area contributed by atoms with Crippen LogP contribution in [0.25, 0.3) is 0 Å². The zero-order valence-electron chi connectivity index (χ0n) is 12.9. The Hall–Kier alpha value is -1.36. The molecule has 5 heteroatoms. The molecule has 0 aliphatic carbocycles. The van der Waals surface area contributed by atoms with Crippen molar-refractivity contribution in [2.75, 3.05) is 30.8 Å². The number of nitrogens with zero attached hydrogens (tertiary/aromatic N) is 2. The van der Waals surface area contributed by atoms with Gasteiger partial charge in [0.2, 0.25) is 0 Å². The van der Waals surface area contributed by atoms with Gasteiger partial charge < -0.3 is 15.4 Å². The van der Waals surface area contributed by atoms with Crippen molar-refractivity contribution in [3.05, 3.63) is 11.9 Å². The average Bonchev–Trinajstić information content (AvgIpc) is 2.37. The van der Waals surface area contributed by atoms with Crippen molar-refractivity contribution < 1.29 is 4.74 Å². The number of nitrogens with one attached hydrogen (secondary N) is 2. The highest BCUT2D eigenvalue weighted by atomic mass is 16.5. The summed E-state index contributed by atoms with van der Waals surface area (Å²) in [7, 11) is 1.71. The SMILES string of the molecule is CCNc1cc(NCC(C)(C)OC)nc(C(C)C)n1. The number of aromatic nitrogens is 2. The first-order valence-electron chi connectivity index (χ1n) is 6.80. The molecular weight excluding hydrogens is 240 g/mol. The quantitative estimate of drug-likeness (QED) is 0.794. The molecule has 1 heterocycles. The fraction of sp³-hybridized carbons (Fsp3) is 0.714. The van der Waals surface area contributed by atoms with Gasteiger partial charge in [0, 0.05) is 32.2 Å². The maximum atomic E-state index is 5.39. The van der Waals surface area contributed by atoms with Gasteiger partial charge in [-0.2, -0.15) is 0 Å². The van der Waals surface area contributed by atoms with Crippen LogP contribution in [-0.4, -0.2) is 35.8 Å². The number of ether oxygens (including phenoxy) is 1. The number of anilines is 2. The minimum atomic E-state index is -0.221. The number of hydrogen-bond donors (Lipinski definition) is 2. The Morgan fingerprint density at radius 3 is 2.26 bits per heavy atom. The van der Waals surface area contributed by atoms with E-state index in [1.54, 1.807) is 7.11 Å². The summed E-state index contributed by atoms with van der Waals surface area (Å²) in [6, 6.07) is 1.93. The van der Waals surface area contributed by atoms with E-state index in [9.17, 15) is 0 Å². The molecule has 0 aromatic carbocycles. The van der Waals surface area contributed by atoms with E-state index in [0.29, 0.717) is 12.5 Å². The van der Waals surface area contributed by atoms with Gasteiger partial charge in [-0.3, -0.25) is 0 Å². The monoisotopic (exact) mass is 266 g/mol. The molecule has 0 spiro atoms. The Kier molecular flexibility index (Phi) is 5.54. The molecule has 0 fully saturated rings. The third-order valence-electron chi connectivity index (χ3n) is 2.87. The molecule has 0 unspecified atom stereocenters. The second kappa shape index (κ2) is 6.70. The van der Waals surface area contributed by atoms with E-state index in [4.69, 9.17) is 4.74 Å². The molecule has 19 heavy (non-hydrogen) atoms. The molecule has 0 bridgehead atoms. The topological polar surface area (TPSA) is 59.1 Å². The van der Waals surface area contributed by atoms with Crippen molar-refractivity contribution in [3.8, 4) is 0 Å². The molecule has 1 aromatic heterocycles. The molecule has 1 aromatic rings. The van der Waals surface area contributed by atoms with Crippen molar-refractivity contribution in [2.24, 2.45) is 0 Å². The van der Waals surface area contributed by atoms with E-state index in [0.717, 1.165) is 24.0 Å². The molecule has 108 valence electrons. The van der Waals surface area contributed by atoms with Crippen LogP contribution in [0.3, 0.4) is 0 Å². The van der Waals surface area contributed by atoms with Crippen LogP contribution in [0.4, 0.5) is 11.6 Å².